The van der Waals surface area contributed by atoms with E-state index in [-0.39, 0.29) is 47.1 Å². The fourth-order valence-corrected chi connectivity index (χ4v) is 3.17. The van der Waals surface area contributed by atoms with E-state index in [0.29, 0.717) is 38.4 Å². The molecule has 1 heterocycles. The number of nitrogens with zero attached hydrogens (tertiary/aromatic N) is 2. The quantitative estimate of drug-likeness (QED) is 0.158. The van der Waals surface area contributed by atoms with E-state index in [1.165, 1.54) is 11.0 Å². The molecule has 0 radical (unpaired) electrons. The first-order chi connectivity index (χ1) is 13.6. The summed E-state index contributed by atoms with van der Waals surface area (Å²) in [4.78, 5) is 29.9. The molecular weight excluding hydrogens is 500 g/mol. The molecule has 1 aromatic carbocycles. The van der Waals surface area contributed by atoms with Gasteiger partial charge in [0.1, 0.15) is 11.4 Å². The average molecular weight is 533 g/mol. The van der Waals surface area contributed by atoms with Gasteiger partial charge in [-0.2, -0.15) is 0 Å². The molecule has 0 aliphatic carbocycles. The maximum Gasteiger partial charge on any atom is 0.325 e. The summed E-state index contributed by atoms with van der Waals surface area (Å²) in [6.45, 7) is 9.16. The van der Waals surface area contributed by atoms with Crippen LogP contribution in [0.15, 0.2) is 29.3 Å². The van der Waals surface area contributed by atoms with Crippen molar-refractivity contribution in [1.82, 2.24) is 20.9 Å². The van der Waals surface area contributed by atoms with Crippen LogP contribution in [0.5, 0.6) is 0 Å². The Hall–Kier alpha value is -1.91. The van der Waals surface area contributed by atoms with Gasteiger partial charge in [0.25, 0.3) is 5.91 Å². The van der Waals surface area contributed by atoms with Crippen LogP contribution in [0.1, 0.15) is 46.1 Å². The lowest BCUT2D eigenvalue weighted by molar-refractivity contribution is -0.130. The Balaban J connectivity index is 0.00000450. The van der Waals surface area contributed by atoms with Crippen molar-refractivity contribution in [2.45, 2.75) is 51.5 Å². The smallest absolute Gasteiger partial charge is 0.325 e. The Morgan fingerprint density at radius 1 is 1.30 bits per heavy atom. The molecule has 3 amide bonds. The predicted octanol–water partition coefficient (Wildman–Crippen LogP) is 3.00. The van der Waals surface area contributed by atoms with Gasteiger partial charge in [-0.1, -0.05) is 32.9 Å². The first-order valence-electron chi connectivity index (χ1n) is 9.97. The van der Waals surface area contributed by atoms with Crippen molar-refractivity contribution >= 4 is 41.9 Å². The van der Waals surface area contributed by atoms with E-state index in [4.69, 9.17) is 0 Å². The number of amides is 3. The molecule has 3 N–H and O–H groups in total. The van der Waals surface area contributed by atoms with E-state index in [1.807, 2.05) is 26.8 Å². The number of urea groups is 1. The summed E-state index contributed by atoms with van der Waals surface area (Å²) in [6, 6.07) is 6.25. The van der Waals surface area contributed by atoms with Crippen molar-refractivity contribution < 1.29 is 14.0 Å². The van der Waals surface area contributed by atoms with Gasteiger partial charge in [0, 0.05) is 32.1 Å². The summed E-state index contributed by atoms with van der Waals surface area (Å²) in [5.41, 5.74) is -0.187. The number of imide groups is 1. The second-order valence-corrected chi connectivity index (χ2v) is 8.17. The maximum atomic E-state index is 13.5. The summed E-state index contributed by atoms with van der Waals surface area (Å²) in [6.07, 6.45) is 1.16. The Morgan fingerprint density at radius 2 is 2.00 bits per heavy atom. The van der Waals surface area contributed by atoms with Gasteiger partial charge in [0.15, 0.2) is 5.96 Å². The van der Waals surface area contributed by atoms with E-state index < -0.39 is 5.54 Å². The third kappa shape index (κ3) is 6.29. The number of aliphatic imine (C=N–C) groups is 1. The van der Waals surface area contributed by atoms with Gasteiger partial charge in [-0.05, 0) is 37.5 Å². The Kier molecular flexibility index (Phi) is 9.51. The Morgan fingerprint density at radius 3 is 2.57 bits per heavy atom. The highest BCUT2D eigenvalue weighted by atomic mass is 127. The molecule has 30 heavy (non-hydrogen) atoms. The molecule has 0 bridgehead atoms. The van der Waals surface area contributed by atoms with Crippen LogP contribution in [0, 0.1) is 5.82 Å². The Labute approximate surface area is 195 Å². The van der Waals surface area contributed by atoms with Crippen molar-refractivity contribution in [3.8, 4) is 0 Å². The molecule has 1 fully saturated rings. The molecule has 1 atom stereocenters. The van der Waals surface area contributed by atoms with Crippen LogP contribution in [0.2, 0.25) is 0 Å². The zero-order chi connectivity index (χ0) is 21.7. The molecule has 168 valence electrons. The van der Waals surface area contributed by atoms with Gasteiger partial charge in [0.2, 0.25) is 0 Å². The molecule has 0 saturated carbocycles. The number of carbonyl (C=O) groups excluding carboxylic acids is 2. The van der Waals surface area contributed by atoms with Crippen LogP contribution in [0.3, 0.4) is 0 Å². The average Bonchev–Trinajstić information content (AvgIpc) is 2.90. The zero-order valence-corrected chi connectivity index (χ0v) is 20.7. The summed E-state index contributed by atoms with van der Waals surface area (Å²) in [5, 5.41) is 9.19. The van der Waals surface area contributed by atoms with Crippen LogP contribution in [-0.4, -0.2) is 55.0 Å². The third-order valence-corrected chi connectivity index (χ3v) is 5.43. The molecule has 1 aliphatic rings. The molecule has 1 saturated heterocycles. The molecule has 0 aromatic heterocycles. The van der Waals surface area contributed by atoms with Gasteiger partial charge in [-0.25, -0.2) is 9.18 Å². The number of nitrogens with one attached hydrogen (secondary N) is 3. The normalized spacial score (nSPS) is 19.4. The predicted molar refractivity (Wildman–Crippen MR) is 128 cm³/mol. The summed E-state index contributed by atoms with van der Waals surface area (Å²) < 4.78 is 13.5. The second-order valence-electron chi connectivity index (χ2n) is 8.17. The summed E-state index contributed by atoms with van der Waals surface area (Å²) >= 11 is 0. The van der Waals surface area contributed by atoms with E-state index >= 15 is 0 Å². The lowest BCUT2D eigenvalue weighted by atomic mass is 9.84. The highest BCUT2D eigenvalue weighted by Crippen LogP contribution is 2.23. The summed E-state index contributed by atoms with van der Waals surface area (Å²) in [7, 11) is 1.68. The minimum atomic E-state index is -0.801. The SMILES string of the molecule is CCC1(C)NC(=O)N(CCCNC(=NC)NCC(C)(C)c2cccc(F)c2)C1=O.I. The molecule has 2 rings (SSSR count). The van der Waals surface area contributed by atoms with Crippen LogP contribution >= 0.6 is 24.0 Å². The molecule has 1 unspecified atom stereocenters. The fraction of sp³-hybridized carbons (Fsp3) is 0.571. The number of hydrogen-bond donors (Lipinski definition) is 3. The van der Waals surface area contributed by atoms with Crippen LogP contribution in [0.4, 0.5) is 9.18 Å². The topological polar surface area (TPSA) is 85.8 Å². The van der Waals surface area contributed by atoms with Crippen LogP contribution in [-0.2, 0) is 10.2 Å². The van der Waals surface area contributed by atoms with Crippen LogP contribution in [0.25, 0.3) is 0 Å². The van der Waals surface area contributed by atoms with Crippen molar-refractivity contribution in [1.29, 1.82) is 0 Å². The molecule has 9 heteroatoms. The maximum absolute atomic E-state index is 13.5. The number of rotatable bonds is 8. The number of carbonyl (C=O) groups is 2. The van der Waals surface area contributed by atoms with Crippen LogP contribution < -0.4 is 16.0 Å². The first kappa shape index (κ1) is 26.1. The lowest BCUT2D eigenvalue weighted by Gasteiger charge is -2.27. The minimum Gasteiger partial charge on any atom is -0.356 e. The van der Waals surface area contributed by atoms with Crippen molar-refractivity contribution in [2.24, 2.45) is 4.99 Å². The third-order valence-electron chi connectivity index (χ3n) is 5.43. The molecule has 1 aliphatic heterocycles. The van der Waals surface area contributed by atoms with Gasteiger partial charge >= 0.3 is 6.03 Å². The standard InChI is InChI=1S/C21H32FN5O2.HI/c1-6-21(4)17(28)27(19(29)26-21)12-8-11-24-18(23-5)25-14-20(2,3)15-9-7-10-16(22)13-15;/h7,9-10,13H,6,8,11-12,14H2,1-5H3,(H,26,29)(H2,23,24,25);1H. The van der Waals surface area contributed by atoms with E-state index in [1.54, 1.807) is 26.1 Å². The van der Waals surface area contributed by atoms with Gasteiger partial charge in [-0.15, -0.1) is 24.0 Å². The fourth-order valence-electron chi connectivity index (χ4n) is 3.17. The monoisotopic (exact) mass is 533 g/mol. The van der Waals surface area contributed by atoms with Crippen molar-refractivity contribution in [3.63, 3.8) is 0 Å². The number of halogens is 2. The second kappa shape index (κ2) is 10.9. The molecule has 1 aromatic rings. The minimum absolute atomic E-state index is 0. The van der Waals surface area contributed by atoms with E-state index in [2.05, 4.69) is 20.9 Å². The van der Waals surface area contributed by atoms with Gasteiger partial charge < -0.3 is 16.0 Å². The highest BCUT2D eigenvalue weighted by Gasteiger charge is 2.45. The van der Waals surface area contributed by atoms with Crippen molar-refractivity contribution in [2.75, 3.05) is 26.7 Å². The van der Waals surface area contributed by atoms with E-state index in [9.17, 15) is 14.0 Å². The zero-order valence-electron chi connectivity index (χ0n) is 18.3. The number of benzene rings is 1. The molecular formula is C21H33FIN5O2. The lowest BCUT2D eigenvalue weighted by Crippen LogP contribution is -2.44. The molecule has 0 spiro atoms. The number of hydrogen-bond acceptors (Lipinski definition) is 3. The highest BCUT2D eigenvalue weighted by molar-refractivity contribution is 14.0. The summed E-state index contributed by atoms with van der Waals surface area (Å²) in [5.74, 6) is 0.187. The Bertz CT molecular complexity index is 786. The van der Waals surface area contributed by atoms with E-state index in [0.717, 1.165) is 5.56 Å². The molecule has 7 nitrogen and oxygen atoms in total. The number of guanidine groups is 1. The largest absolute Gasteiger partial charge is 0.356 e. The van der Waals surface area contributed by atoms with Gasteiger partial charge in [-0.3, -0.25) is 14.7 Å². The van der Waals surface area contributed by atoms with Gasteiger partial charge in [0.05, 0.1) is 0 Å². The first-order valence-corrected chi connectivity index (χ1v) is 9.97. The van der Waals surface area contributed by atoms with Crippen molar-refractivity contribution in [3.05, 3.63) is 35.6 Å².